The highest BCUT2D eigenvalue weighted by Crippen LogP contribution is 2.36. The van der Waals surface area contributed by atoms with Crippen LogP contribution in [0.1, 0.15) is 11.1 Å². The topological polar surface area (TPSA) is 70.0 Å². The number of nitrogens with one attached hydrogen (secondary N) is 1. The molecule has 1 aliphatic heterocycles. The van der Waals surface area contributed by atoms with Crippen molar-refractivity contribution in [1.29, 1.82) is 0 Å². The van der Waals surface area contributed by atoms with Crippen LogP contribution < -0.4 is 0 Å². The van der Waals surface area contributed by atoms with Gasteiger partial charge in [0.15, 0.2) is 5.88 Å². The molecule has 0 atom stereocenters. The quantitative estimate of drug-likeness (QED) is 0.329. The summed E-state index contributed by atoms with van der Waals surface area (Å²) in [6.07, 6.45) is 0. The molecular formula is C18H13Br2N3O2. The Bertz CT molecular complexity index is 1020. The molecule has 7 heteroatoms. The van der Waals surface area contributed by atoms with Crippen LogP contribution in [0.15, 0.2) is 57.1 Å². The number of hydrogen-bond acceptors (Lipinski definition) is 4. The van der Waals surface area contributed by atoms with Crippen molar-refractivity contribution in [2.45, 2.75) is 0 Å². The molecule has 126 valence electrons. The lowest BCUT2D eigenvalue weighted by molar-refractivity contribution is 0.163. The van der Waals surface area contributed by atoms with E-state index in [0.29, 0.717) is 28.9 Å². The van der Waals surface area contributed by atoms with Gasteiger partial charge in [0.2, 0.25) is 0 Å². The minimum Gasteiger partial charge on any atom is -0.494 e. The average Bonchev–Trinajstić information content (AvgIpc) is 3.11. The first-order valence-electron chi connectivity index (χ1n) is 7.64. The molecule has 2 N–H and O–H groups in total. The van der Waals surface area contributed by atoms with Crippen molar-refractivity contribution in [1.82, 2.24) is 4.98 Å². The normalized spacial score (nSPS) is 14.8. The summed E-state index contributed by atoms with van der Waals surface area (Å²) in [5.41, 5.74) is 4.35. The van der Waals surface area contributed by atoms with Gasteiger partial charge in [0.05, 0.1) is 11.3 Å². The second-order valence-corrected chi connectivity index (χ2v) is 7.19. The van der Waals surface area contributed by atoms with Gasteiger partial charge in [-0.2, -0.15) is 0 Å². The van der Waals surface area contributed by atoms with Crippen molar-refractivity contribution in [3.05, 3.63) is 58.1 Å². The lowest BCUT2D eigenvalue weighted by Crippen LogP contribution is -2.13. The highest BCUT2D eigenvalue weighted by Gasteiger charge is 2.29. The standard InChI is InChI=1S/C18H13Br2N3O2/c19-7-8-25-23-16-11-3-1-2-4-13(11)21-17(16)15-12-9-10(20)5-6-14(12)22-18(15)24/h1-6,9,22,24H,7-8H2. The van der Waals surface area contributed by atoms with E-state index in [-0.39, 0.29) is 5.88 Å². The van der Waals surface area contributed by atoms with E-state index < -0.39 is 0 Å². The van der Waals surface area contributed by atoms with Crippen molar-refractivity contribution in [3.8, 4) is 5.88 Å². The molecule has 0 radical (unpaired) electrons. The molecule has 0 fully saturated rings. The number of aromatic hydroxyl groups is 1. The second-order valence-electron chi connectivity index (χ2n) is 5.48. The van der Waals surface area contributed by atoms with Gasteiger partial charge in [-0.25, -0.2) is 4.99 Å². The molecule has 0 unspecified atom stereocenters. The third kappa shape index (κ3) is 2.87. The monoisotopic (exact) mass is 461 g/mol. The van der Waals surface area contributed by atoms with Crippen molar-refractivity contribution >= 4 is 59.9 Å². The number of fused-ring (bicyclic) bond motifs is 2. The second kappa shape index (κ2) is 6.65. The molecule has 0 spiro atoms. The smallest absolute Gasteiger partial charge is 0.199 e. The molecular weight excluding hydrogens is 450 g/mol. The number of para-hydroxylation sites is 1. The van der Waals surface area contributed by atoms with Gasteiger partial charge in [0.25, 0.3) is 0 Å². The summed E-state index contributed by atoms with van der Waals surface area (Å²) in [5.74, 6) is 0.0628. The number of alkyl halides is 1. The summed E-state index contributed by atoms with van der Waals surface area (Å²) in [6, 6.07) is 13.5. The lowest BCUT2D eigenvalue weighted by Gasteiger charge is -2.04. The summed E-state index contributed by atoms with van der Waals surface area (Å²) in [4.78, 5) is 13.1. The minimum atomic E-state index is 0.0628. The van der Waals surface area contributed by atoms with Crippen LogP contribution in [0.5, 0.6) is 5.88 Å². The first-order valence-corrected chi connectivity index (χ1v) is 9.55. The Hall–Kier alpha value is -2.12. The molecule has 0 amide bonds. The van der Waals surface area contributed by atoms with Gasteiger partial charge in [-0.05, 0) is 24.3 Å². The van der Waals surface area contributed by atoms with Crippen molar-refractivity contribution < 1.29 is 9.94 Å². The van der Waals surface area contributed by atoms with E-state index in [4.69, 9.17) is 9.83 Å². The maximum Gasteiger partial charge on any atom is 0.199 e. The van der Waals surface area contributed by atoms with E-state index >= 15 is 0 Å². The summed E-state index contributed by atoms with van der Waals surface area (Å²) < 4.78 is 0.922. The van der Waals surface area contributed by atoms with E-state index in [2.05, 4.69) is 42.0 Å². The fraction of sp³-hybridized carbons (Fsp3) is 0.111. The Labute approximate surface area is 160 Å². The SMILES string of the molecule is Oc1[nH]c2ccc(Br)cc2c1C1=Nc2ccccc2C1=NOCCBr. The van der Waals surface area contributed by atoms with E-state index in [1.165, 1.54) is 0 Å². The molecule has 0 bridgehead atoms. The summed E-state index contributed by atoms with van der Waals surface area (Å²) in [7, 11) is 0. The number of aromatic nitrogens is 1. The molecule has 3 aromatic rings. The molecule has 0 aliphatic carbocycles. The Morgan fingerprint density at radius 1 is 1.20 bits per heavy atom. The number of oxime groups is 1. The van der Waals surface area contributed by atoms with Crippen molar-refractivity contribution in [2.75, 3.05) is 11.9 Å². The zero-order valence-electron chi connectivity index (χ0n) is 13.0. The Morgan fingerprint density at radius 2 is 2.04 bits per heavy atom. The van der Waals surface area contributed by atoms with E-state index in [0.717, 1.165) is 26.6 Å². The number of rotatable bonds is 4. The van der Waals surface area contributed by atoms with Gasteiger partial charge in [-0.1, -0.05) is 55.2 Å². The number of aromatic amines is 1. The Balaban J connectivity index is 1.91. The van der Waals surface area contributed by atoms with E-state index in [9.17, 15) is 5.11 Å². The number of nitrogens with zero attached hydrogens (tertiary/aromatic N) is 2. The highest BCUT2D eigenvalue weighted by molar-refractivity contribution is 9.10. The summed E-state index contributed by atoms with van der Waals surface area (Å²) in [6.45, 7) is 0.449. The number of aliphatic imine (C=N–C) groups is 1. The van der Waals surface area contributed by atoms with Crippen LogP contribution in [0.4, 0.5) is 5.69 Å². The predicted molar refractivity (Wildman–Crippen MR) is 107 cm³/mol. The van der Waals surface area contributed by atoms with Crippen LogP contribution in [-0.2, 0) is 4.84 Å². The van der Waals surface area contributed by atoms with Crippen molar-refractivity contribution in [3.63, 3.8) is 0 Å². The molecule has 1 aromatic heterocycles. The molecule has 4 rings (SSSR count). The maximum atomic E-state index is 10.5. The number of halogens is 2. The van der Waals surface area contributed by atoms with Gasteiger partial charge >= 0.3 is 0 Å². The molecule has 2 heterocycles. The van der Waals surface area contributed by atoms with E-state index in [1.54, 1.807) is 0 Å². The molecule has 2 aromatic carbocycles. The van der Waals surface area contributed by atoms with E-state index in [1.807, 2.05) is 42.5 Å². The van der Waals surface area contributed by atoms with Crippen LogP contribution in [0.25, 0.3) is 10.9 Å². The summed E-state index contributed by atoms with van der Waals surface area (Å²) >= 11 is 6.81. The van der Waals surface area contributed by atoms with Gasteiger partial charge in [-0.3, -0.25) is 0 Å². The van der Waals surface area contributed by atoms with Crippen LogP contribution in [0.2, 0.25) is 0 Å². The number of H-pyrrole nitrogens is 1. The number of benzene rings is 2. The van der Waals surface area contributed by atoms with Crippen LogP contribution in [-0.4, -0.2) is 33.5 Å². The van der Waals surface area contributed by atoms with Crippen LogP contribution in [0.3, 0.4) is 0 Å². The summed E-state index contributed by atoms with van der Waals surface area (Å²) in [5, 5.41) is 16.3. The number of hydrogen-bond donors (Lipinski definition) is 2. The van der Waals surface area contributed by atoms with Gasteiger partial charge < -0.3 is 14.9 Å². The fourth-order valence-corrected chi connectivity index (χ4v) is 3.38. The molecule has 0 saturated carbocycles. The minimum absolute atomic E-state index is 0.0628. The molecule has 5 nitrogen and oxygen atoms in total. The Morgan fingerprint density at radius 3 is 2.88 bits per heavy atom. The largest absolute Gasteiger partial charge is 0.494 e. The molecule has 0 saturated heterocycles. The molecule has 25 heavy (non-hydrogen) atoms. The van der Waals surface area contributed by atoms with Crippen LogP contribution in [0, 0.1) is 0 Å². The zero-order valence-corrected chi connectivity index (χ0v) is 16.1. The first-order chi connectivity index (χ1) is 12.2. The average molecular weight is 463 g/mol. The van der Waals surface area contributed by atoms with Gasteiger partial charge in [0.1, 0.15) is 18.0 Å². The third-order valence-electron chi connectivity index (χ3n) is 3.92. The van der Waals surface area contributed by atoms with Gasteiger partial charge in [-0.15, -0.1) is 0 Å². The van der Waals surface area contributed by atoms with Crippen LogP contribution >= 0.6 is 31.9 Å². The molecule has 1 aliphatic rings. The first kappa shape index (κ1) is 16.4. The zero-order chi connectivity index (χ0) is 17.4. The maximum absolute atomic E-state index is 10.5. The van der Waals surface area contributed by atoms with Gasteiger partial charge in [0, 0.05) is 26.3 Å². The Kier molecular flexibility index (Phi) is 4.35. The fourth-order valence-electron chi connectivity index (χ4n) is 2.87. The highest BCUT2D eigenvalue weighted by atomic mass is 79.9. The predicted octanol–water partition coefficient (Wildman–Crippen LogP) is 4.89. The third-order valence-corrected chi connectivity index (χ3v) is 4.73. The lowest BCUT2D eigenvalue weighted by atomic mass is 10.0. The van der Waals surface area contributed by atoms with Crippen molar-refractivity contribution in [2.24, 2.45) is 10.1 Å².